The summed E-state index contributed by atoms with van der Waals surface area (Å²) in [5.74, 6) is 0.868. The van der Waals surface area contributed by atoms with Crippen molar-refractivity contribution in [1.82, 2.24) is 9.88 Å². The van der Waals surface area contributed by atoms with Crippen molar-refractivity contribution in [2.24, 2.45) is 5.41 Å². The number of rotatable bonds is 6. The van der Waals surface area contributed by atoms with Crippen LogP contribution in [0.25, 0.3) is 10.6 Å². The summed E-state index contributed by atoms with van der Waals surface area (Å²) in [6, 6.07) is 8.05. The molecule has 0 aliphatic carbocycles. The van der Waals surface area contributed by atoms with Gasteiger partial charge in [-0.2, -0.15) is 0 Å². The van der Waals surface area contributed by atoms with Crippen LogP contribution in [0.3, 0.4) is 0 Å². The Hall–Kier alpha value is -1.43. The zero-order valence-electron chi connectivity index (χ0n) is 14.5. The first-order valence-electron chi connectivity index (χ1n) is 8.60. The minimum absolute atomic E-state index is 0.146. The molecule has 1 saturated heterocycles. The third-order valence-corrected chi connectivity index (χ3v) is 6.22. The quantitative estimate of drug-likeness (QED) is 0.864. The molecule has 5 heteroatoms. The lowest BCUT2D eigenvalue weighted by atomic mass is 9.77. The van der Waals surface area contributed by atoms with Gasteiger partial charge in [0.1, 0.15) is 10.8 Å². The Balaban J connectivity index is 1.60. The lowest BCUT2D eigenvalue weighted by Crippen LogP contribution is -2.41. The molecule has 1 fully saturated rings. The second kappa shape index (κ2) is 7.64. The first kappa shape index (κ1) is 17.4. The Labute approximate surface area is 148 Å². The number of hydrogen-bond acceptors (Lipinski definition) is 5. The van der Waals surface area contributed by atoms with E-state index in [1.54, 1.807) is 18.4 Å². The second-order valence-corrected chi connectivity index (χ2v) is 7.52. The van der Waals surface area contributed by atoms with Crippen LogP contribution in [0.1, 0.15) is 31.9 Å². The average Bonchev–Trinajstić information content (AvgIpc) is 3.11. The van der Waals surface area contributed by atoms with Crippen molar-refractivity contribution in [2.75, 3.05) is 26.8 Å². The summed E-state index contributed by atoms with van der Waals surface area (Å²) < 4.78 is 5.20. The molecule has 24 heavy (non-hydrogen) atoms. The summed E-state index contributed by atoms with van der Waals surface area (Å²) in [4.78, 5) is 7.25. The minimum atomic E-state index is 0.146. The number of nitrogens with zero attached hydrogens (tertiary/aromatic N) is 2. The van der Waals surface area contributed by atoms with Crippen molar-refractivity contribution in [3.8, 4) is 16.3 Å². The average molecular weight is 346 g/mol. The van der Waals surface area contributed by atoms with E-state index in [0.29, 0.717) is 6.61 Å². The molecule has 0 bridgehead atoms. The second-order valence-electron chi connectivity index (χ2n) is 6.66. The maximum Gasteiger partial charge on any atom is 0.123 e. The molecule has 1 N–H and O–H groups in total. The summed E-state index contributed by atoms with van der Waals surface area (Å²) in [5.41, 5.74) is 2.42. The molecule has 1 aromatic carbocycles. The molecule has 0 unspecified atom stereocenters. The number of likely N-dealkylation sites (tertiary alicyclic amines) is 1. The van der Waals surface area contributed by atoms with E-state index in [4.69, 9.17) is 9.72 Å². The van der Waals surface area contributed by atoms with E-state index in [0.717, 1.165) is 60.9 Å². The van der Waals surface area contributed by atoms with Gasteiger partial charge < -0.3 is 9.84 Å². The highest BCUT2D eigenvalue weighted by molar-refractivity contribution is 7.13. The summed E-state index contributed by atoms with van der Waals surface area (Å²) in [6.07, 6.45) is 3.22. The third-order valence-electron chi connectivity index (χ3n) is 5.28. The van der Waals surface area contributed by atoms with E-state index in [9.17, 15) is 5.11 Å². The van der Waals surface area contributed by atoms with Crippen molar-refractivity contribution in [1.29, 1.82) is 0 Å². The molecule has 0 radical (unpaired) electrons. The first-order chi connectivity index (χ1) is 11.7. The van der Waals surface area contributed by atoms with Crippen LogP contribution in [0.4, 0.5) is 0 Å². The van der Waals surface area contributed by atoms with Crippen LogP contribution in [0.15, 0.2) is 29.6 Å². The number of methoxy groups -OCH3 is 1. The fourth-order valence-corrected chi connectivity index (χ4v) is 4.10. The molecule has 2 heterocycles. The van der Waals surface area contributed by atoms with Gasteiger partial charge in [0, 0.05) is 24.1 Å². The van der Waals surface area contributed by atoms with Crippen molar-refractivity contribution in [3.05, 3.63) is 35.3 Å². The van der Waals surface area contributed by atoms with Gasteiger partial charge in [-0.1, -0.05) is 6.92 Å². The largest absolute Gasteiger partial charge is 0.497 e. The van der Waals surface area contributed by atoms with Gasteiger partial charge in [0.2, 0.25) is 0 Å². The topological polar surface area (TPSA) is 45.6 Å². The standard InChI is InChI=1S/C19H26N2O2S/c1-3-19(14-22)8-10-21(11-9-19)12-16-13-24-18(20-16)15-4-6-17(23-2)7-5-15/h4-7,13,22H,3,8-12,14H2,1-2H3. The van der Waals surface area contributed by atoms with Crippen LogP contribution in [0.2, 0.25) is 0 Å². The van der Waals surface area contributed by atoms with Crippen LogP contribution >= 0.6 is 11.3 Å². The molecule has 0 spiro atoms. The Morgan fingerprint density at radius 3 is 2.54 bits per heavy atom. The number of benzene rings is 1. The van der Waals surface area contributed by atoms with Gasteiger partial charge in [0.15, 0.2) is 0 Å². The summed E-state index contributed by atoms with van der Waals surface area (Å²) in [7, 11) is 1.68. The summed E-state index contributed by atoms with van der Waals surface area (Å²) >= 11 is 1.69. The number of hydrogen-bond donors (Lipinski definition) is 1. The van der Waals surface area contributed by atoms with Gasteiger partial charge in [0.05, 0.1) is 12.8 Å². The van der Waals surface area contributed by atoms with E-state index in [-0.39, 0.29) is 5.41 Å². The van der Waals surface area contributed by atoms with E-state index < -0.39 is 0 Å². The van der Waals surface area contributed by atoms with Crippen molar-refractivity contribution in [3.63, 3.8) is 0 Å². The molecule has 0 saturated carbocycles. The van der Waals surface area contributed by atoms with E-state index in [1.165, 1.54) is 0 Å². The van der Waals surface area contributed by atoms with Crippen LogP contribution < -0.4 is 4.74 Å². The number of ether oxygens (including phenoxy) is 1. The molecule has 4 nitrogen and oxygen atoms in total. The van der Waals surface area contributed by atoms with Gasteiger partial charge in [-0.05, 0) is 62.0 Å². The number of piperidine rings is 1. The predicted octanol–water partition coefficient (Wildman–Crippen LogP) is 3.80. The van der Waals surface area contributed by atoms with Crippen LogP contribution in [0.5, 0.6) is 5.75 Å². The molecule has 1 aliphatic heterocycles. The zero-order valence-corrected chi connectivity index (χ0v) is 15.3. The zero-order chi connectivity index (χ0) is 17.0. The molecule has 0 atom stereocenters. The Kier molecular flexibility index (Phi) is 5.54. The first-order valence-corrected chi connectivity index (χ1v) is 9.48. The number of aliphatic hydroxyl groups excluding tert-OH is 1. The van der Waals surface area contributed by atoms with Crippen molar-refractivity contribution < 1.29 is 9.84 Å². The van der Waals surface area contributed by atoms with Crippen molar-refractivity contribution in [2.45, 2.75) is 32.7 Å². The highest BCUT2D eigenvalue weighted by atomic mass is 32.1. The van der Waals surface area contributed by atoms with Gasteiger partial charge in [0.25, 0.3) is 0 Å². The van der Waals surface area contributed by atoms with E-state index in [2.05, 4.69) is 29.3 Å². The van der Waals surface area contributed by atoms with Gasteiger partial charge in [-0.25, -0.2) is 4.98 Å². The fraction of sp³-hybridized carbons (Fsp3) is 0.526. The van der Waals surface area contributed by atoms with Gasteiger partial charge in [-0.15, -0.1) is 11.3 Å². The van der Waals surface area contributed by atoms with Crippen LogP contribution in [-0.4, -0.2) is 41.8 Å². The maximum absolute atomic E-state index is 9.65. The number of thiazole rings is 1. The lowest BCUT2D eigenvalue weighted by Gasteiger charge is -2.40. The molecule has 2 aromatic rings. The monoisotopic (exact) mass is 346 g/mol. The van der Waals surface area contributed by atoms with Crippen LogP contribution in [0, 0.1) is 5.41 Å². The molecule has 1 aromatic heterocycles. The fourth-order valence-electron chi connectivity index (χ4n) is 3.28. The van der Waals surface area contributed by atoms with Gasteiger partial charge >= 0.3 is 0 Å². The smallest absolute Gasteiger partial charge is 0.123 e. The van der Waals surface area contributed by atoms with Gasteiger partial charge in [-0.3, -0.25) is 4.90 Å². The highest BCUT2D eigenvalue weighted by Crippen LogP contribution is 2.35. The summed E-state index contributed by atoms with van der Waals surface area (Å²) in [5, 5.41) is 12.9. The lowest BCUT2D eigenvalue weighted by molar-refractivity contribution is 0.0379. The van der Waals surface area contributed by atoms with Crippen molar-refractivity contribution >= 4 is 11.3 Å². The molecular weight excluding hydrogens is 320 g/mol. The van der Waals surface area contributed by atoms with E-state index >= 15 is 0 Å². The SMILES string of the molecule is CCC1(CO)CCN(Cc2csc(-c3ccc(OC)cc3)n2)CC1. The third kappa shape index (κ3) is 3.79. The minimum Gasteiger partial charge on any atom is -0.497 e. The maximum atomic E-state index is 9.65. The van der Waals surface area contributed by atoms with Crippen LogP contribution in [-0.2, 0) is 6.54 Å². The normalized spacial score (nSPS) is 17.8. The molecule has 130 valence electrons. The number of aliphatic hydroxyl groups is 1. The Bertz CT molecular complexity index is 640. The molecule has 1 aliphatic rings. The molecule has 0 amide bonds. The van der Waals surface area contributed by atoms with E-state index in [1.807, 2.05) is 12.1 Å². The summed E-state index contributed by atoms with van der Waals surface area (Å²) in [6.45, 7) is 5.49. The number of aromatic nitrogens is 1. The predicted molar refractivity (Wildman–Crippen MR) is 98.4 cm³/mol. The molecular formula is C19H26N2O2S. The molecule has 3 rings (SSSR count). The Morgan fingerprint density at radius 2 is 1.96 bits per heavy atom. The highest BCUT2D eigenvalue weighted by Gasteiger charge is 2.32. The Morgan fingerprint density at radius 1 is 1.25 bits per heavy atom.